The molecular weight excluding hydrogens is 376 g/mol. The third-order valence-electron chi connectivity index (χ3n) is 5.99. The van der Waals surface area contributed by atoms with Gasteiger partial charge in [0.2, 0.25) is 5.91 Å². The Kier molecular flexibility index (Phi) is 6.74. The minimum Gasteiger partial charge on any atom is -0.492 e. The second-order valence-electron chi connectivity index (χ2n) is 7.87. The maximum atomic E-state index is 12.8. The van der Waals surface area contributed by atoms with Crippen molar-refractivity contribution in [2.75, 3.05) is 75.3 Å². The molecule has 0 radical (unpaired) electrons. The fourth-order valence-corrected chi connectivity index (χ4v) is 4.29. The van der Waals surface area contributed by atoms with Crippen molar-refractivity contribution in [2.45, 2.75) is 6.92 Å². The fourth-order valence-electron chi connectivity index (χ4n) is 4.29. The fraction of sp³-hybridized carbons (Fsp3) is 0.458. The van der Waals surface area contributed by atoms with Gasteiger partial charge in [-0.15, -0.1) is 0 Å². The SMILES string of the molecule is CCOc1ccccc1N1CCN(CC(=O)N2CCN(c3ccccc3)CC2)CC1. The van der Waals surface area contributed by atoms with Crippen molar-refractivity contribution >= 4 is 17.3 Å². The predicted octanol–water partition coefficient (Wildman–Crippen LogP) is 2.56. The number of amides is 1. The van der Waals surface area contributed by atoms with Crippen molar-refractivity contribution < 1.29 is 9.53 Å². The molecule has 6 nitrogen and oxygen atoms in total. The van der Waals surface area contributed by atoms with Crippen molar-refractivity contribution in [2.24, 2.45) is 0 Å². The molecule has 160 valence electrons. The highest BCUT2D eigenvalue weighted by Gasteiger charge is 2.25. The Labute approximate surface area is 179 Å². The standard InChI is InChI=1S/C24H32N4O2/c1-2-30-23-11-7-6-10-22(23)27-14-12-25(13-15-27)20-24(29)28-18-16-26(17-19-28)21-8-4-3-5-9-21/h3-11H,2,12-20H2,1H3. The molecule has 0 spiro atoms. The van der Waals surface area contributed by atoms with Crippen molar-refractivity contribution in [3.05, 3.63) is 54.6 Å². The second-order valence-corrected chi connectivity index (χ2v) is 7.87. The Morgan fingerprint density at radius 2 is 1.43 bits per heavy atom. The zero-order valence-corrected chi connectivity index (χ0v) is 17.9. The van der Waals surface area contributed by atoms with Crippen LogP contribution in [0.2, 0.25) is 0 Å². The van der Waals surface area contributed by atoms with Crippen LogP contribution in [0.15, 0.2) is 54.6 Å². The lowest BCUT2D eigenvalue weighted by Crippen LogP contribution is -2.54. The molecule has 0 aliphatic carbocycles. The summed E-state index contributed by atoms with van der Waals surface area (Å²) in [6.45, 7) is 10.2. The molecule has 2 heterocycles. The summed E-state index contributed by atoms with van der Waals surface area (Å²) >= 11 is 0. The summed E-state index contributed by atoms with van der Waals surface area (Å²) in [4.78, 5) is 21.9. The number of carbonyl (C=O) groups is 1. The van der Waals surface area contributed by atoms with Crippen LogP contribution < -0.4 is 14.5 Å². The minimum absolute atomic E-state index is 0.255. The maximum absolute atomic E-state index is 12.8. The monoisotopic (exact) mass is 408 g/mol. The summed E-state index contributed by atoms with van der Waals surface area (Å²) in [5, 5.41) is 0. The highest BCUT2D eigenvalue weighted by molar-refractivity contribution is 5.78. The number of nitrogens with zero attached hydrogens (tertiary/aromatic N) is 4. The van der Waals surface area contributed by atoms with Crippen molar-refractivity contribution in [1.29, 1.82) is 0 Å². The normalized spacial score (nSPS) is 17.8. The molecule has 0 saturated carbocycles. The lowest BCUT2D eigenvalue weighted by atomic mass is 10.2. The first-order valence-corrected chi connectivity index (χ1v) is 11.0. The van der Waals surface area contributed by atoms with Crippen LogP contribution in [0.25, 0.3) is 0 Å². The van der Waals surface area contributed by atoms with Crippen LogP contribution in [-0.2, 0) is 4.79 Å². The maximum Gasteiger partial charge on any atom is 0.236 e. The summed E-state index contributed by atoms with van der Waals surface area (Å²) in [7, 11) is 0. The number of para-hydroxylation sites is 3. The highest BCUT2D eigenvalue weighted by Crippen LogP contribution is 2.28. The summed E-state index contributed by atoms with van der Waals surface area (Å²) in [5.74, 6) is 1.20. The topological polar surface area (TPSA) is 39.3 Å². The Hall–Kier alpha value is -2.73. The number of rotatable bonds is 6. The average molecular weight is 409 g/mol. The second kappa shape index (κ2) is 9.85. The van der Waals surface area contributed by atoms with E-state index in [2.05, 4.69) is 51.1 Å². The van der Waals surface area contributed by atoms with Gasteiger partial charge in [0.25, 0.3) is 0 Å². The zero-order valence-electron chi connectivity index (χ0n) is 17.9. The van der Waals surface area contributed by atoms with E-state index in [4.69, 9.17) is 4.74 Å². The molecule has 2 aromatic carbocycles. The molecule has 2 fully saturated rings. The van der Waals surface area contributed by atoms with Gasteiger partial charge >= 0.3 is 0 Å². The van der Waals surface area contributed by atoms with Gasteiger partial charge in [-0.3, -0.25) is 9.69 Å². The van der Waals surface area contributed by atoms with Gasteiger partial charge in [0.15, 0.2) is 0 Å². The van der Waals surface area contributed by atoms with Crippen molar-refractivity contribution in [3.8, 4) is 5.75 Å². The third-order valence-corrected chi connectivity index (χ3v) is 5.99. The quantitative estimate of drug-likeness (QED) is 0.735. The van der Waals surface area contributed by atoms with E-state index in [-0.39, 0.29) is 5.91 Å². The molecule has 0 aromatic heterocycles. The van der Waals surface area contributed by atoms with Crippen LogP contribution in [-0.4, -0.2) is 81.2 Å². The van der Waals surface area contributed by atoms with E-state index in [9.17, 15) is 4.79 Å². The molecule has 0 unspecified atom stereocenters. The predicted molar refractivity (Wildman–Crippen MR) is 121 cm³/mol. The molecule has 2 aromatic rings. The summed E-state index contributed by atoms with van der Waals surface area (Å²) in [5.41, 5.74) is 2.40. The molecule has 0 N–H and O–H groups in total. The summed E-state index contributed by atoms with van der Waals surface area (Å²) < 4.78 is 5.78. The van der Waals surface area contributed by atoms with E-state index in [1.807, 2.05) is 30.0 Å². The van der Waals surface area contributed by atoms with Gasteiger partial charge in [0.1, 0.15) is 5.75 Å². The van der Waals surface area contributed by atoms with Gasteiger partial charge in [-0.1, -0.05) is 30.3 Å². The summed E-state index contributed by atoms with van der Waals surface area (Å²) in [6.07, 6.45) is 0. The molecule has 0 atom stereocenters. The number of ether oxygens (including phenoxy) is 1. The van der Waals surface area contributed by atoms with Crippen LogP contribution in [0.4, 0.5) is 11.4 Å². The van der Waals surface area contributed by atoms with Gasteiger partial charge in [-0.2, -0.15) is 0 Å². The Morgan fingerprint density at radius 1 is 0.800 bits per heavy atom. The molecule has 2 saturated heterocycles. The van der Waals surface area contributed by atoms with Gasteiger partial charge in [-0.25, -0.2) is 0 Å². The first-order chi connectivity index (χ1) is 14.7. The number of benzene rings is 2. The molecule has 1 amide bonds. The number of hydrogen-bond acceptors (Lipinski definition) is 5. The molecule has 2 aliphatic heterocycles. The van der Waals surface area contributed by atoms with Gasteiger partial charge in [0.05, 0.1) is 18.8 Å². The minimum atomic E-state index is 0.255. The van der Waals surface area contributed by atoms with Crippen LogP contribution in [0.1, 0.15) is 6.92 Å². The van der Waals surface area contributed by atoms with E-state index < -0.39 is 0 Å². The molecular formula is C24H32N4O2. The van der Waals surface area contributed by atoms with Crippen LogP contribution in [0.5, 0.6) is 5.75 Å². The molecule has 0 bridgehead atoms. The van der Waals surface area contributed by atoms with Crippen LogP contribution >= 0.6 is 0 Å². The third kappa shape index (κ3) is 4.87. The lowest BCUT2D eigenvalue weighted by molar-refractivity contribution is -0.132. The number of piperazine rings is 2. The Morgan fingerprint density at radius 3 is 2.13 bits per heavy atom. The number of carbonyl (C=O) groups excluding carboxylic acids is 1. The van der Waals surface area contributed by atoms with E-state index in [0.29, 0.717) is 13.2 Å². The lowest BCUT2D eigenvalue weighted by Gasteiger charge is -2.39. The first-order valence-electron chi connectivity index (χ1n) is 11.0. The van der Waals surface area contributed by atoms with E-state index in [1.54, 1.807) is 0 Å². The molecule has 6 heteroatoms. The van der Waals surface area contributed by atoms with Crippen LogP contribution in [0.3, 0.4) is 0 Å². The van der Waals surface area contributed by atoms with Crippen LogP contribution in [0, 0.1) is 0 Å². The van der Waals surface area contributed by atoms with Crippen molar-refractivity contribution in [3.63, 3.8) is 0 Å². The number of hydrogen-bond donors (Lipinski definition) is 0. The van der Waals surface area contributed by atoms with Gasteiger partial charge < -0.3 is 19.4 Å². The van der Waals surface area contributed by atoms with E-state index in [1.165, 1.54) is 5.69 Å². The zero-order chi connectivity index (χ0) is 20.8. The molecule has 4 rings (SSSR count). The van der Waals surface area contributed by atoms with E-state index in [0.717, 1.165) is 63.8 Å². The number of anilines is 2. The smallest absolute Gasteiger partial charge is 0.236 e. The van der Waals surface area contributed by atoms with Gasteiger partial charge in [-0.05, 0) is 31.2 Å². The molecule has 2 aliphatic rings. The summed E-state index contributed by atoms with van der Waals surface area (Å²) in [6, 6.07) is 18.7. The largest absolute Gasteiger partial charge is 0.492 e. The Bertz CT molecular complexity index is 813. The van der Waals surface area contributed by atoms with E-state index >= 15 is 0 Å². The average Bonchev–Trinajstić information content (AvgIpc) is 2.81. The highest BCUT2D eigenvalue weighted by atomic mass is 16.5. The molecule has 30 heavy (non-hydrogen) atoms. The van der Waals surface area contributed by atoms with Gasteiger partial charge in [0, 0.05) is 58.0 Å². The van der Waals surface area contributed by atoms with Crippen molar-refractivity contribution in [1.82, 2.24) is 9.80 Å². The Balaban J connectivity index is 1.24. The first kappa shape index (κ1) is 20.5.